The van der Waals surface area contributed by atoms with Crippen LogP contribution in [0.1, 0.15) is 18.4 Å². The summed E-state index contributed by atoms with van der Waals surface area (Å²) in [6.45, 7) is 0. The molecule has 0 saturated heterocycles. The molecular weight excluding hydrogens is 336 g/mol. The zero-order chi connectivity index (χ0) is 19.0. The van der Waals surface area contributed by atoms with E-state index in [4.69, 9.17) is 5.11 Å². The Morgan fingerprint density at radius 3 is 2.32 bits per heavy atom. The zero-order valence-electron chi connectivity index (χ0n) is 12.9. The largest absolute Gasteiger partial charge is 0.504 e. The molecule has 0 amide bonds. The number of phenolic OH excluding ortho intramolecular Hbond substituents is 2. The normalized spacial score (nSPS) is 32.6. The smallest absolute Gasteiger partial charge is 0.335 e. The van der Waals surface area contributed by atoms with Gasteiger partial charge in [0.05, 0.1) is 6.10 Å². The van der Waals surface area contributed by atoms with Crippen molar-refractivity contribution in [2.75, 3.05) is 0 Å². The Balaban J connectivity index is 2.29. The summed E-state index contributed by atoms with van der Waals surface area (Å²) in [7, 11) is 0. The Bertz CT molecular complexity index is 728. The molecule has 136 valence electrons. The lowest BCUT2D eigenvalue weighted by Gasteiger charge is -2.44. The van der Waals surface area contributed by atoms with Gasteiger partial charge in [0, 0.05) is 12.8 Å². The molecule has 0 spiro atoms. The highest BCUT2D eigenvalue weighted by atomic mass is 16.4. The van der Waals surface area contributed by atoms with E-state index in [2.05, 4.69) is 0 Å². The Kier molecular flexibility index (Phi) is 4.87. The molecule has 4 atom stereocenters. The third-order valence-electron chi connectivity index (χ3n) is 4.21. The fourth-order valence-corrected chi connectivity index (χ4v) is 2.75. The summed E-state index contributed by atoms with van der Waals surface area (Å²) in [6.07, 6.45) is -3.60. The molecule has 9 heteroatoms. The first-order valence-electron chi connectivity index (χ1n) is 7.28. The first kappa shape index (κ1) is 18.9. The average molecular weight is 354 g/mol. The first-order valence-corrected chi connectivity index (χ1v) is 7.28. The molecule has 1 aromatic rings. The molecule has 1 fully saturated rings. The number of phenols is 2. The molecule has 1 saturated carbocycles. The van der Waals surface area contributed by atoms with Crippen molar-refractivity contribution in [1.82, 2.24) is 0 Å². The summed E-state index contributed by atoms with van der Waals surface area (Å²) in [5, 5.41) is 67.7. The highest BCUT2D eigenvalue weighted by molar-refractivity contribution is 6.01. The zero-order valence-corrected chi connectivity index (χ0v) is 12.9. The van der Waals surface area contributed by atoms with Gasteiger partial charge in [-0.2, -0.15) is 0 Å². The van der Waals surface area contributed by atoms with Crippen molar-refractivity contribution in [3.05, 3.63) is 29.8 Å². The summed E-state index contributed by atoms with van der Waals surface area (Å²) in [4.78, 5) is 23.4. The van der Waals surface area contributed by atoms with E-state index in [0.717, 1.165) is 24.3 Å². The molecule has 0 aromatic heterocycles. The molecular formula is C16H18O9. The van der Waals surface area contributed by atoms with Crippen LogP contribution < -0.4 is 0 Å². The molecule has 0 heterocycles. The van der Waals surface area contributed by atoms with Gasteiger partial charge < -0.3 is 35.7 Å². The summed E-state index contributed by atoms with van der Waals surface area (Å²) < 4.78 is 0. The second-order valence-electron chi connectivity index (χ2n) is 6.10. The number of carbonyl (C=O) groups is 2. The predicted molar refractivity (Wildman–Crippen MR) is 82.6 cm³/mol. The molecule has 2 unspecified atom stereocenters. The number of benzene rings is 1. The molecule has 7 N–H and O–H groups in total. The van der Waals surface area contributed by atoms with Gasteiger partial charge in [-0.25, -0.2) is 4.79 Å². The van der Waals surface area contributed by atoms with E-state index in [9.17, 15) is 40.2 Å². The van der Waals surface area contributed by atoms with E-state index in [-0.39, 0.29) is 11.3 Å². The molecule has 2 rings (SSSR count). The topological polar surface area (TPSA) is 176 Å². The monoisotopic (exact) mass is 354 g/mol. The quantitative estimate of drug-likeness (QED) is 0.257. The second kappa shape index (κ2) is 6.45. The van der Waals surface area contributed by atoms with Crippen LogP contribution in [0.2, 0.25) is 0 Å². The Morgan fingerprint density at radius 1 is 1.12 bits per heavy atom. The van der Waals surface area contributed by atoms with E-state index in [1.54, 1.807) is 0 Å². The van der Waals surface area contributed by atoms with E-state index in [1.165, 1.54) is 6.07 Å². The predicted octanol–water partition coefficient (Wildman–Crippen LogP) is -1.26. The minimum Gasteiger partial charge on any atom is -0.504 e. The van der Waals surface area contributed by atoms with Crippen molar-refractivity contribution in [3.63, 3.8) is 0 Å². The number of hydrogen-bond acceptors (Lipinski definition) is 8. The number of aliphatic hydroxyl groups excluding tert-OH is 2. The number of rotatable bonds is 4. The van der Waals surface area contributed by atoms with Crippen LogP contribution in [-0.2, 0) is 9.59 Å². The third-order valence-corrected chi connectivity index (χ3v) is 4.21. The maximum Gasteiger partial charge on any atom is 0.335 e. The Hall–Kier alpha value is -2.46. The van der Waals surface area contributed by atoms with Crippen molar-refractivity contribution in [2.45, 2.75) is 36.3 Å². The number of aliphatic carboxylic acids is 1. The van der Waals surface area contributed by atoms with Crippen LogP contribution in [0.3, 0.4) is 0 Å². The van der Waals surface area contributed by atoms with Crippen LogP contribution in [0.4, 0.5) is 0 Å². The fourth-order valence-electron chi connectivity index (χ4n) is 2.75. The van der Waals surface area contributed by atoms with Crippen molar-refractivity contribution in [3.8, 4) is 11.5 Å². The van der Waals surface area contributed by atoms with Gasteiger partial charge >= 0.3 is 5.97 Å². The molecule has 0 bridgehead atoms. The van der Waals surface area contributed by atoms with Crippen LogP contribution in [0.15, 0.2) is 24.3 Å². The standard InChI is InChI=1S/C16H18O9/c17-9-3-1-8(5-10(9)18)2-4-12(20)16(25)7-15(24,14(22)23)6-11(19)13(16)21/h1-5,11,13,17-19,21,24-25H,6-7H2,(H,22,23)/t11-,13?,15?,16+/m1/s1. The Morgan fingerprint density at radius 2 is 1.76 bits per heavy atom. The van der Waals surface area contributed by atoms with Gasteiger partial charge in [0.2, 0.25) is 0 Å². The van der Waals surface area contributed by atoms with E-state index in [0.29, 0.717) is 0 Å². The van der Waals surface area contributed by atoms with Crippen LogP contribution in [0, 0.1) is 0 Å². The number of hydrogen-bond donors (Lipinski definition) is 7. The summed E-state index contributed by atoms with van der Waals surface area (Å²) in [5.74, 6) is -3.69. The van der Waals surface area contributed by atoms with Gasteiger partial charge in [0.1, 0.15) is 6.10 Å². The Labute approximate surface area is 141 Å². The van der Waals surface area contributed by atoms with E-state index < -0.39 is 53.8 Å². The SMILES string of the molecule is O=C(O)C1(O)C[C@@H](O)C(O)[C@@](O)(C(=O)C=Cc2ccc(O)c(O)c2)C1. The molecule has 9 nitrogen and oxygen atoms in total. The van der Waals surface area contributed by atoms with Gasteiger partial charge in [-0.3, -0.25) is 4.79 Å². The maximum atomic E-state index is 12.3. The van der Waals surface area contributed by atoms with Crippen molar-refractivity contribution < 1.29 is 45.3 Å². The lowest BCUT2D eigenvalue weighted by Crippen LogP contribution is -2.65. The number of carboxylic acids is 1. The van der Waals surface area contributed by atoms with Gasteiger partial charge in [0.15, 0.2) is 28.5 Å². The van der Waals surface area contributed by atoms with Crippen LogP contribution in [0.5, 0.6) is 11.5 Å². The van der Waals surface area contributed by atoms with Crippen molar-refractivity contribution in [1.29, 1.82) is 0 Å². The highest BCUT2D eigenvalue weighted by Gasteiger charge is 2.58. The average Bonchev–Trinajstić information content (AvgIpc) is 2.53. The second-order valence-corrected chi connectivity index (χ2v) is 6.10. The van der Waals surface area contributed by atoms with Gasteiger partial charge in [-0.05, 0) is 23.8 Å². The molecule has 1 aromatic carbocycles. The van der Waals surface area contributed by atoms with Gasteiger partial charge in [-0.15, -0.1) is 0 Å². The van der Waals surface area contributed by atoms with E-state index >= 15 is 0 Å². The number of aliphatic hydroxyl groups is 4. The molecule has 1 aliphatic carbocycles. The van der Waals surface area contributed by atoms with Crippen molar-refractivity contribution in [2.24, 2.45) is 0 Å². The number of carboxylic acid groups (broad SMARTS) is 1. The third kappa shape index (κ3) is 3.49. The molecule has 0 radical (unpaired) electrons. The molecule has 25 heavy (non-hydrogen) atoms. The fraction of sp³-hybridized carbons (Fsp3) is 0.375. The van der Waals surface area contributed by atoms with Crippen molar-refractivity contribution >= 4 is 17.8 Å². The maximum absolute atomic E-state index is 12.3. The molecule has 0 aliphatic heterocycles. The van der Waals surface area contributed by atoms with Crippen LogP contribution in [-0.4, -0.2) is 70.9 Å². The van der Waals surface area contributed by atoms with Crippen LogP contribution >= 0.6 is 0 Å². The minimum atomic E-state index is -2.71. The van der Waals surface area contributed by atoms with Gasteiger partial charge in [-0.1, -0.05) is 12.1 Å². The van der Waals surface area contributed by atoms with Crippen LogP contribution in [0.25, 0.3) is 6.08 Å². The molecule has 1 aliphatic rings. The van der Waals surface area contributed by atoms with Gasteiger partial charge in [0.25, 0.3) is 0 Å². The van der Waals surface area contributed by atoms with E-state index in [1.807, 2.05) is 0 Å². The lowest BCUT2D eigenvalue weighted by atomic mass is 9.70. The number of aromatic hydroxyl groups is 2. The first-order chi connectivity index (χ1) is 11.5. The lowest BCUT2D eigenvalue weighted by molar-refractivity contribution is -0.212. The minimum absolute atomic E-state index is 0.270. The summed E-state index contributed by atoms with van der Waals surface area (Å²) in [6, 6.07) is 3.64. The highest BCUT2D eigenvalue weighted by Crippen LogP contribution is 2.37. The number of ketones is 1. The summed E-state index contributed by atoms with van der Waals surface area (Å²) >= 11 is 0. The number of carbonyl (C=O) groups excluding carboxylic acids is 1. The summed E-state index contributed by atoms with van der Waals surface area (Å²) in [5.41, 5.74) is -5.01.